The fourth-order valence-electron chi connectivity index (χ4n) is 5.00. The molecule has 0 saturated carbocycles. The summed E-state index contributed by atoms with van der Waals surface area (Å²) in [6.07, 6.45) is -2.41. The van der Waals surface area contributed by atoms with Crippen molar-refractivity contribution in [1.82, 2.24) is 20.9 Å². The normalized spacial score (nSPS) is 17.6. The van der Waals surface area contributed by atoms with Crippen LogP contribution in [0.3, 0.4) is 0 Å². The Morgan fingerprint density at radius 3 is 1.90 bits per heavy atom. The van der Waals surface area contributed by atoms with Crippen LogP contribution in [0.2, 0.25) is 0 Å². The van der Waals surface area contributed by atoms with Crippen LogP contribution in [0, 0.1) is 0 Å². The van der Waals surface area contributed by atoms with E-state index in [0.29, 0.717) is 24.1 Å². The van der Waals surface area contributed by atoms with E-state index in [0.717, 1.165) is 0 Å². The highest BCUT2D eigenvalue weighted by Gasteiger charge is 2.44. The van der Waals surface area contributed by atoms with Crippen LogP contribution in [0.15, 0.2) is 77.5 Å². The van der Waals surface area contributed by atoms with Gasteiger partial charge in [-0.25, -0.2) is 14.4 Å². The topological polar surface area (TPSA) is 174 Å². The number of rotatable bonds is 9. The van der Waals surface area contributed by atoms with Crippen molar-refractivity contribution in [3.05, 3.63) is 83.6 Å². The molecule has 51 heavy (non-hydrogen) atoms. The van der Waals surface area contributed by atoms with Crippen molar-refractivity contribution in [2.45, 2.75) is 97.3 Å². The molecular weight excluding hydrogens is 658 g/mol. The number of amides is 4. The number of hydrogen-bond donors (Lipinski definition) is 3. The Hall–Kier alpha value is -5.40. The molecular formula is C37H49N5O9. The van der Waals surface area contributed by atoms with Gasteiger partial charge in [0.05, 0.1) is 12.1 Å². The number of benzene rings is 2. The van der Waals surface area contributed by atoms with Crippen LogP contribution in [-0.2, 0) is 33.3 Å². The first-order chi connectivity index (χ1) is 23.9. The standard InChI is InChI=1S/C37H49N5O9/c1-10-21-42(9)31(44)30-28(38-23(2)43)26(39-33(40-34(46)50-36(3,4)5)41-35(47)51-37(6,7)8)22-27(48-30)32(45)49-29(24-17-13-11-14-18-24)25-19-15-12-16-20-25/h11-20,22,26,28-30H,10,21H2,1-9H3,(H,38,43)(H2,39,40,41,46,47)/t26-,28+,30+/m0/s1. The highest BCUT2D eigenvalue weighted by atomic mass is 16.6. The first-order valence-corrected chi connectivity index (χ1v) is 16.7. The first kappa shape index (κ1) is 40.0. The molecule has 0 spiro atoms. The number of carbonyl (C=O) groups is 5. The third kappa shape index (κ3) is 12.8. The Balaban J connectivity index is 2.13. The molecule has 0 radical (unpaired) electrons. The molecule has 0 unspecified atom stereocenters. The van der Waals surface area contributed by atoms with Gasteiger partial charge in [-0.3, -0.25) is 14.9 Å². The Morgan fingerprint density at radius 1 is 0.863 bits per heavy atom. The molecule has 3 N–H and O–H groups in total. The molecule has 0 aromatic heterocycles. The molecule has 3 rings (SSSR count). The van der Waals surface area contributed by atoms with Gasteiger partial charge < -0.3 is 34.5 Å². The van der Waals surface area contributed by atoms with Crippen molar-refractivity contribution in [3.63, 3.8) is 0 Å². The number of carbonyl (C=O) groups excluding carboxylic acids is 5. The zero-order chi connectivity index (χ0) is 37.9. The number of alkyl carbamates (subject to hydrolysis) is 1. The highest BCUT2D eigenvalue weighted by molar-refractivity contribution is 5.99. The molecule has 14 heteroatoms. The number of esters is 1. The second-order valence-electron chi connectivity index (χ2n) is 13.9. The van der Waals surface area contributed by atoms with E-state index in [2.05, 4.69) is 20.9 Å². The summed E-state index contributed by atoms with van der Waals surface area (Å²) >= 11 is 0. The number of aliphatic imine (C=N–C) groups is 1. The lowest BCUT2D eigenvalue weighted by Crippen LogP contribution is -2.64. The van der Waals surface area contributed by atoms with Crippen molar-refractivity contribution in [1.29, 1.82) is 0 Å². The van der Waals surface area contributed by atoms with Crippen LogP contribution in [0.4, 0.5) is 9.59 Å². The summed E-state index contributed by atoms with van der Waals surface area (Å²) in [6, 6.07) is 15.8. The van der Waals surface area contributed by atoms with Gasteiger partial charge >= 0.3 is 18.2 Å². The summed E-state index contributed by atoms with van der Waals surface area (Å²) in [6.45, 7) is 13.4. The number of nitrogens with zero attached hydrogens (tertiary/aromatic N) is 2. The van der Waals surface area contributed by atoms with Crippen molar-refractivity contribution in [3.8, 4) is 0 Å². The number of hydrogen-bond acceptors (Lipinski definition) is 9. The van der Waals surface area contributed by atoms with E-state index in [1.165, 1.54) is 17.9 Å². The fraction of sp³-hybridized carbons (Fsp3) is 0.459. The quantitative estimate of drug-likeness (QED) is 0.143. The van der Waals surface area contributed by atoms with E-state index in [9.17, 15) is 24.0 Å². The van der Waals surface area contributed by atoms with E-state index in [-0.39, 0.29) is 5.76 Å². The minimum Gasteiger partial charge on any atom is -0.471 e. The molecule has 0 saturated heterocycles. The van der Waals surface area contributed by atoms with Crippen LogP contribution >= 0.6 is 0 Å². The van der Waals surface area contributed by atoms with Crippen molar-refractivity contribution in [2.24, 2.45) is 4.99 Å². The minimum atomic E-state index is -1.45. The Morgan fingerprint density at radius 2 is 1.41 bits per heavy atom. The molecule has 0 bridgehead atoms. The number of guanidine groups is 1. The van der Waals surface area contributed by atoms with Crippen molar-refractivity contribution < 1.29 is 42.9 Å². The maximum atomic E-state index is 14.0. The molecule has 1 aliphatic rings. The lowest BCUT2D eigenvalue weighted by molar-refractivity contribution is -0.154. The van der Waals surface area contributed by atoms with Crippen LogP contribution in [0.5, 0.6) is 0 Å². The van der Waals surface area contributed by atoms with Gasteiger partial charge in [-0.2, -0.15) is 0 Å². The highest BCUT2D eigenvalue weighted by Crippen LogP contribution is 2.29. The van der Waals surface area contributed by atoms with E-state index in [4.69, 9.17) is 18.9 Å². The largest absolute Gasteiger partial charge is 0.471 e. The fourth-order valence-corrected chi connectivity index (χ4v) is 5.00. The number of ether oxygens (including phenoxy) is 4. The smallest absolute Gasteiger partial charge is 0.437 e. The lowest BCUT2D eigenvalue weighted by atomic mass is 9.96. The van der Waals surface area contributed by atoms with Gasteiger partial charge in [0.15, 0.2) is 12.2 Å². The predicted molar refractivity (Wildman–Crippen MR) is 189 cm³/mol. The molecule has 0 aliphatic carbocycles. The van der Waals surface area contributed by atoms with Crippen LogP contribution < -0.4 is 16.0 Å². The van der Waals surface area contributed by atoms with E-state index >= 15 is 0 Å². The molecule has 4 amide bonds. The zero-order valence-corrected chi connectivity index (χ0v) is 30.6. The molecule has 1 heterocycles. The molecule has 3 atom stereocenters. The average molecular weight is 708 g/mol. The van der Waals surface area contributed by atoms with Gasteiger partial charge in [-0.1, -0.05) is 67.6 Å². The van der Waals surface area contributed by atoms with Gasteiger partial charge in [0.2, 0.25) is 17.6 Å². The lowest BCUT2D eigenvalue weighted by Gasteiger charge is -2.38. The second kappa shape index (κ2) is 17.5. The summed E-state index contributed by atoms with van der Waals surface area (Å²) in [4.78, 5) is 71.4. The second-order valence-corrected chi connectivity index (χ2v) is 13.9. The Bertz CT molecular complexity index is 1560. The molecule has 2 aromatic rings. The van der Waals surface area contributed by atoms with Gasteiger partial charge in [0.1, 0.15) is 11.2 Å². The van der Waals surface area contributed by atoms with Gasteiger partial charge in [0, 0.05) is 20.5 Å². The minimum absolute atomic E-state index is 0.350. The number of likely N-dealkylation sites (N-methyl/N-ethyl adjacent to an activating group) is 1. The third-order valence-corrected chi connectivity index (χ3v) is 7.00. The van der Waals surface area contributed by atoms with E-state index in [1.807, 2.05) is 67.6 Å². The first-order valence-electron chi connectivity index (χ1n) is 16.7. The maximum absolute atomic E-state index is 14.0. The third-order valence-electron chi connectivity index (χ3n) is 7.00. The van der Waals surface area contributed by atoms with E-state index in [1.54, 1.807) is 48.6 Å². The predicted octanol–water partition coefficient (Wildman–Crippen LogP) is 4.75. The van der Waals surface area contributed by atoms with Crippen LogP contribution in [-0.4, -0.2) is 83.8 Å². The van der Waals surface area contributed by atoms with Gasteiger partial charge in [-0.15, -0.1) is 4.99 Å². The van der Waals surface area contributed by atoms with Crippen LogP contribution in [0.25, 0.3) is 0 Å². The average Bonchev–Trinajstić information content (AvgIpc) is 3.02. The number of nitrogens with one attached hydrogen (secondary N) is 3. The molecule has 14 nitrogen and oxygen atoms in total. The Labute approximate surface area is 298 Å². The van der Waals surface area contributed by atoms with Gasteiger partial charge in [-0.05, 0) is 65.2 Å². The SMILES string of the molecule is CCCN(C)C(=O)[C@@H]1OC(C(=O)OC(c2ccccc2)c2ccccc2)=C[C@H](N/C(=N\C(=O)OC(C)(C)C)NC(=O)OC(C)(C)C)[C@H]1NC(C)=O. The van der Waals surface area contributed by atoms with Crippen molar-refractivity contribution in [2.75, 3.05) is 13.6 Å². The van der Waals surface area contributed by atoms with Crippen LogP contribution in [0.1, 0.15) is 79.0 Å². The molecule has 1 aliphatic heterocycles. The molecule has 0 fully saturated rings. The summed E-state index contributed by atoms with van der Waals surface area (Å²) < 4.78 is 22.8. The summed E-state index contributed by atoms with van der Waals surface area (Å²) in [5.74, 6) is -2.78. The Kier molecular flexibility index (Phi) is 13.7. The van der Waals surface area contributed by atoms with Gasteiger partial charge in [0.25, 0.3) is 5.91 Å². The monoisotopic (exact) mass is 707 g/mol. The summed E-state index contributed by atoms with van der Waals surface area (Å²) in [5, 5.41) is 8.00. The zero-order valence-electron chi connectivity index (χ0n) is 30.6. The molecule has 276 valence electrons. The summed E-state index contributed by atoms with van der Waals surface area (Å²) in [5.41, 5.74) is -0.475. The summed E-state index contributed by atoms with van der Waals surface area (Å²) in [7, 11) is 1.57. The maximum Gasteiger partial charge on any atom is 0.437 e. The van der Waals surface area contributed by atoms with E-state index < -0.39 is 71.4 Å². The molecule has 2 aromatic carbocycles. The van der Waals surface area contributed by atoms with Crippen molar-refractivity contribution >= 4 is 35.9 Å².